The van der Waals surface area contributed by atoms with Crippen molar-refractivity contribution in [2.24, 2.45) is 5.92 Å². The van der Waals surface area contributed by atoms with Crippen molar-refractivity contribution in [3.63, 3.8) is 0 Å². The molecule has 2 atom stereocenters. The fraction of sp³-hybridized carbons (Fsp3) is 0.500. The molecule has 1 aromatic heterocycles. The topological polar surface area (TPSA) is 41.3 Å². The summed E-state index contributed by atoms with van der Waals surface area (Å²) in [5, 5.41) is 10.8. The average Bonchev–Trinajstić information content (AvgIpc) is 2.95. The minimum absolute atomic E-state index is 0.623. The summed E-state index contributed by atoms with van der Waals surface area (Å²) in [5.41, 5.74) is 0.160. The van der Waals surface area contributed by atoms with Crippen molar-refractivity contribution in [1.29, 1.82) is 0 Å². The highest BCUT2D eigenvalue weighted by molar-refractivity contribution is 5.21. The number of imidazole rings is 1. The number of benzene rings is 1. The molecule has 22 heavy (non-hydrogen) atoms. The predicted octanol–water partition coefficient (Wildman–Crippen LogP) is 2.29. The highest BCUT2D eigenvalue weighted by Gasteiger charge is 2.27. The van der Waals surface area contributed by atoms with E-state index < -0.39 is 5.60 Å². The molecule has 2 heterocycles. The van der Waals surface area contributed by atoms with Crippen LogP contribution in [0.15, 0.2) is 42.7 Å². The Morgan fingerprint density at radius 3 is 2.91 bits per heavy atom. The SMILES string of the molecule is CN(C[C@@H]1CCc2nccn2C1)C[C@@](C)(O)c1ccccc1. The van der Waals surface area contributed by atoms with Gasteiger partial charge in [0.15, 0.2) is 0 Å². The van der Waals surface area contributed by atoms with E-state index in [1.54, 1.807) is 0 Å². The van der Waals surface area contributed by atoms with Gasteiger partial charge in [-0.15, -0.1) is 0 Å². The van der Waals surface area contributed by atoms with E-state index in [0.717, 1.165) is 25.1 Å². The fourth-order valence-corrected chi connectivity index (χ4v) is 3.51. The molecule has 1 N–H and O–H groups in total. The van der Waals surface area contributed by atoms with Gasteiger partial charge in [-0.05, 0) is 31.9 Å². The Morgan fingerprint density at radius 1 is 1.36 bits per heavy atom. The summed E-state index contributed by atoms with van der Waals surface area (Å²) in [4.78, 5) is 6.63. The van der Waals surface area contributed by atoms with Crippen molar-refractivity contribution in [3.8, 4) is 0 Å². The van der Waals surface area contributed by atoms with E-state index in [9.17, 15) is 5.11 Å². The standard InChI is InChI=1S/C18H25N3O/c1-18(22,16-6-4-3-5-7-16)14-20(2)12-15-8-9-17-19-10-11-21(17)13-15/h3-7,10-11,15,22H,8-9,12-14H2,1-2H3/t15-,18+/m0/s1. The van der Waals surface area contributed by atoms with E-state index in [2.05, 4.69) is 27.7 Å². The van der Waals surface area contributed by atoms with Crippen LogP contribution >= 0.6 is 0 Å². The first-order valence-corrected chi connectivity index (χ1v) is 8.01. The molecule has 0 saturated heterocycles. The Hall–Kier alpha value is -1.65. The van der Waals surface area contributed by atoms with E-state index in [4.69, 9.17) is 0 Å². The molecule has 1 aliphatic rings. The minimum Gasteiger partial charge on any atom is -0.384 e. The molecule has 2 aromatic rings. The molecule has 4 nitrogen and oxygen atoms in total. The van der Waals surface area contributed by atoms with E-state index in [1.807, 2.05) is 43.5 Å². The van der Waals surface area contributed by atoms with Crippen molar-refractivity contribution < 1.29 is 5.11 Å². The van der Waals surface area contributed by atoms with Gasteiger partial charge in [-0.1, -0.05) is 30.3 Å². The number of hydrogen-bond donors (Lipinski definition) is 1. The number of aryl methyl sites for hydroxylation is 1. The van der Waals surface area contributed by atoms with E-state index in [-0.39, 0.29) is 0 Å². The number of aliphatic hydroxyl groups is 1. The molecule has 0 unspecified atom stereocenters. The molecular weight excluding hydrogens is 274 g/mol. The van der Waals surface area contributed by atoms with Crippen LogP contribution < -0.4 is 0 Å². The van der Waals surface area contributed by atoms with Gasteiger partial charge in [0.25, 0.3) is 0 Å². The Balaban J connectivity index is 1.58. The van der Waals surface area contributed by atoms with Crippen LogP contribution in [0.2, 0.25) is 0 Å². The molecule has 0 aliphatic carbocycles. The first-order chi connectivity index (χ1) is 10.5. The zero-order valence-electron chi connectivity index (χ0n) is 13.4. The summed E-state index contributed by atoms with van der Waals surface area (Å²) in [5.74, 6) is 1.83. The third-order valence-electron chi connectivity index (χ3n) is 4.58. The smallest absolute Gasteiger partial charge is 0.108 e. The second-order valence-electron chi connectivity index (χ2n) is 6.74. The van der Waals surface area contributed by atoms with Crippen molar-refractivity contribution in [2.75, 3.05) is 20.1 Å². The molecule has 118 valence electrons. The third-order valence-corrected chi connectivity index (χ3v) is 4.58. The molecule has 4 heteroatoms. The Kier molecular flexibility index (Phi) is 4.32. The van der Waals surface area contributed by atoms with Crippen LogP contribution in [0, 0.1) is 5.92 Å². The second-order valence-corrected chi connectivity index (χ2v) is 6.74. The van der Waals surface area contributed by atoms with Crippen LogP contribution in [0.1, 0.15) is 24.7 Å². The maximum absolute atomic E-state index is 10.8. The van der Waals surface area contributed by atoms with Crippen LogP contribution in [-0.2, 0) is 18.6 Å². The second kappa shape index (κ2) is 6.23. The lowest BCUT2D eigenvalue weighted by atomic mass is 9.94. The predicted molar refractivity (Wildman–Crippen MR) is 87.5 cm³/mol. The third kappa shape index (κ3) is 3.39. The molecule has 0 amide bonds. The van der Waals surface area contributed by atoms with Gasteiger partial charge in [-0.25, -0.2) is 4.98 Å². The molecule has 0 bridgehead atoms. The zero-order valence-corrected chi connectivity index (χ0v) is 13.4. The molecule has 0 fully saturated rings. The maximum Gasteiger partial charge on any atom is 0.108 e. The monoisotopic (exact) mass is 299 g/mol. The quantitative estimate of drug-likeness (QED) is 0.921. The maximum atomic E-state index is 10.8. The van der Waals surface area contributed by atoms with Gasteiger partial charge >= 0.3 is 0 Å². The highest BCUT2D eigenvalue weighted by Crippen LogP contribution is 2.23. The van der Waals surface area contributed by atoms with Crippen molar-refractivity contribution in [2.45, 2.75) is 31.9 Å². The summed E-state index contributed by atoms with van der Waals surface area (Å²) in [6, 6.07) is 9.92. The van der Waals surface area contributed by atoms with E-state index in [0.29, 0.717) is 12.5 Å². The summed E-state index contributed by atoms with van der Waals surface area (Å²) in [6.45, 7) is 4.58. The van der Waals surface area contributed by atoms with Gasteiger partial charge in [-0.2, -0.15) is 0 Å². The van der Waals surface area contributed by atoms with Crippen LogP contribution in [0.25, 0.3) is 0 Å². The number of rotatable bonds is 5. The van der Waals surface area contributed by atoms with Crippen LogP contribution in [-0.4, -0.2) is 39.7 Å². The first-order valence-electron chi connectivity index (χ1n) is 8.01. The van der Waals surface area contributed by atoms with Gasteiger partial charge in [0, 0.05) is 38.4 Å². The molecule has 1 aliphatic heterocycles. The van der Waals surface area contributed by atoms with E-state index >= 15 is 0 Å². The van der Waals surface area contributed by atoms with E-state index in [1.165, 1.54) is 12.2 Å². The van der Waals surface area contributed by atoms with Gasteiger partial charge in [0.2, 0.25) is 0 Å². The molecular formula is C18H25N3O. The molecule has 0 saturated carbocycles. The van der Waals surface area contributed by atoms with Crippen molar-refractivity contribution in [3.05, 3.63) is 54.1 Å². The lowest BCUT2D eigenvalue weighted by Crippen LogP contribution is -2.40. The van der Waals surface area contributed by atoms with Crippen molar-refractivity contribution >= 4 is 0 Å². The number of hydrogen-bond acceptors (Lipinski definition) is 3. The summed E-state index contributed by atoms with van der Waals surface area (Å²) < 4.78 is 2.26. The largest absolute Gasteiger partial charge is 0.384 e. The lowest BCUT2D eigenvalue weighted by Gasteiger charge is -2.33. The van der Waals surface area contributed by atoms with Gasteiger partial charge in [0.1, 0.15) is 5.82 Å². The Labute approximate surface area is 132 Å². The summed E-state index contributed by atoms with van der Waals surface area (Å²) >= 11 is 0. The molecule has 3 rings (SSSR count). The lowest BCUT2D eigenvalue weighted by molar-refractivity contribution is 0.0180. The van der Waals surface area contributed by atoms with Crippen LogP contribution in [0.4, 0.5) is 0 Å². The number of nitrogens with zero attached hydrogens (tertiary/aromatic N) is 3. The summed E-state index contributed by atoms with van der Waals surface area (Å²) in [7, 11) is 2.10. The normalized spacial score (nSPS) is 20.6. The number of likely N-dealkylation sites (N-methyl/N-ethyl adjacent to an activating group) is 1. The minimum atomic E-state index is -0.815. The Bertz CT molecular complexity index is 606. The fourth-order valence-electron chi connectivity index (χ4n) is 3.51. The number of aromatic nitrogens is 2. The zero-order chi connectivity index (χ0) is 15.6. The molecule has 0 spiro atoms. The van der Waals surface area contributed by atoms with Crippen LogP contribution in [0.3, 0.4) is 0 Å². The summed E-state index contributed by atoms with van der Waals surface area (Å²) in [6.07, 6.45) is 6.19. The number of fused-ring (bicyclic) bond motifs is 1. The highest BCUT2D eigenvalue weighted by atomic mass is 16.3. The van der Waals surface area contributed by atoms with Gasteiger partial charge in [-0.3, -0.25) is 0 Å². The van der Waals surface area contributed by atoms with Crippen molar-refractivity contribution in [1.82, 2.24) is 14.5 Å². The average molecular weight is 299 g/mol. The molecule has 0 radical (unpaired) electrons. The first kappa shape index (κ1) is 15.3. The molecule has 1 aromatic carbocycles. The van der Waals surface area contributed by atoms with Gasteiger partial charge in [0.05, 0.1) is 5.60 Å². The van der Waals surface area contributed by atoms with Crippen LogP contribution in [0.5, 0.6) is 0 Å². The Morgan fingerprint density at radius 2 is 2.14 bits per heavy atom. The van der Waals surface area contributed by atoms with Gasteiger partial charge < -0.3 is 14.6 Å².